The van der Waals surface area contributed by atoms with E-state index in [2.05, 4.69) is 128 Å². The lowest BCUT2D eigenvalue weighted by Crippen LogP contribution is -2.14. The van der Waals surface area contributed by atoms with Crippen molar-refractivity contribution in [2.24, 2.45) is 16.8 Å². The molecule has 0 amide bonds. The molecule has 5 heteroatoms. The molecule has 1 N–H and O–H groups in total. The molecule has 0 bridgehead atoms. The van der Waals surface area contributed by atoms with Crippen molar-refractivity contribution in [1.29, 1.82) is 0 Å². The number of para-hydroxylation sites is 2. The van der Waals surface area contributed by atoms with E-state index in [1.807, 2.05) is 59.2 Å². The first-order chi connectivity index (χ1) is 23.6. The number of anilines is 1. The Bertz CT molecular complexity index is 1920. The van der Waals surface area contributed by atoms with Crippen LogP contribution in [-0.2, 0) is 0 Å². The molecular formula is C44H57N4O+. The molecule has 2 aromatic heterocycles. The number of rotatable bonds is 8. The van der Waals surface area contributed by atoms with Gasteiger partial charge in [0.25, 0.3) is 5.69 Å². The number of aromatic nitrogens is 1. The number of aryl methyl sites for hydroxylation is 2. The summed E-state index contributed by atoms with van der Waals surface area (Å²) in [5, 5.41) is 5.44. The van der Waals surface area contributed by atoms with Gasteiger partial charge in [0.05, 0.1) is 5.92 Å². The number of pyridine rings is 1. The van der Waals surface area contributed by atoms with Crippen molar-refractivity contribution in [3.8, 4) is 11.8 Å². The van der Waals surface area contributed by atoms with Crippen LogP contribution in [0.2, 0.25) is 0 Å². The molecule has 2 atom stereocenters. The summed E-state index contributed by atoms with van der Waals surface area (Å²) in [6, 6.07) is 16.7. The minimum absolute atomic E-state index is 0.314. The Kier molecular flexibility index (Phi) is 15.3. The van der Waals surface area contributed by atoms with Gasteiger partial charge in [0, 0.05) is 60.9 Å². The number of nitrogens with one attached hydrogen (secondary N) is 1. The van der Waals surface area contributed by atoms with Gasteiger partial charge in [-0.1, -0.05) is 88.5 Å². The van der Waals surface area contributed by atoms with Crippen LogP contribution in [0.4, 0.5) is 17.1 Å². The summed E-state index contributed by atoms with van der Waals surface area (Å²) in [7, 11) is 1.95. The number of benzene rings is 2. The molecule has 258 valence electrons. The van der Waals surface area contributed by atoms with E-state index in [4.69, 9.17) is 4.42 Å². The van der Waals surface area contributed by atoms with E-state index in [9.17, 15) is 0 Å². The van der Waals surface area contributed by atoms with Crippen LogP contribution in [0.3, 0.4) is 0 Å². The fourth-order valence-corrected chi connectivity index (χ4v) is 5.91. The van der Waals surface area contributed by atoms with Gasteiger partial charge in [-0.15, -0.1) is 5.92 Å². The number of allylic oxidation sites excluding steroid dienone is 5. The van der Waals surface area contributed by atoms with Gasteiger partial charge in [-0.25, -0.2) is 4.98 Å². The first-order valence-corrected chi connectivity index (χ1v) is 17.7. The topological polar surface area (TPSA) is 53.4 Å². The summed E-state index contributed by atoms with van der Waals surface area (Å²) in [5.74, 6) is 7.46. The van der Waals surface area contributed by atoms with Gasteiger partial charge in [0.15, 0.2) is 5.71 Å². The number of hydrogen-bond donors (Lipinski definition) is 1. The Hall–Kier alpha value is -4.69. The van der Waals surface area contributed by atoms with Crippen LogP contribution in [0.1, 0.15) is 92.3 Å². The third kappa shape index (κ3) is 10.2. The van der Waals surface area contributed by atoms with E-state index < -0.39 is 0 Å². The summed E-state index contributed by atoms with van der Waals surface area (Å²) in [6.07, 6.45) is 15.2. The quantitative estimate of drug-likeness (QED) is 0.117. The molecule has 0 saturated carbocycles. The van der Waals surface area contributed by atoms with Crippen molar-refractivity contribution in [1.82, 2.24) is 9.56 Å². The zero-order valence-corrected chi connectivity index (χ0v) is 31.7. The maximum Gasteiger partial charge on any atom is 0.257 e. The Balaban J connectivity index is 0.000000248. The lowest BCUT2D eigenvalue weighted by Gasteiger charge is -2.15. The first-order valence-electron chi connectivity index (χ1n) is 17.7. The van der Waals surface area contributed by atoms with Crippen LogP contribution >= 0.6 is 0 Å². The Labute approximate surface area is 295 Å². The third-order valence-corrected chi connectivity index (χ3v) is 8.70. The highest BCUT2D eigenvalue weighted by molar-refractivity contribution is 6.09. The molecule has 2 heterocycles. The van der Waals surface area contributed by atoms with Gasteiger partial charge in [-0.3, -0.25) is 4.99 Å². The van der Waals surface area contributed by atoms with Crippen LogP contribution in [-0.4, -0.2) is 23.5 Å². The van der Waals surface area contributed by atoms with E-state index in [0.717, 1.165) is 68.4 Å². The highest BCUT2D eigenvalue weighted by Crippen LogP contribution is 2.39. The molecule has 49 heavy (non-hydrogen) atoms. The molecule has 4 aromatic rings. The zero-order chi connectivity index (χ0) is 35.9. The molecule has 0 saturated heterocycles. The minimum atomic E-state index is 0.314. The number of hydrogen-bond acceptors (Lipinski definition) is 4. The zero-order valence-electron chi connectivity index (χ0n) is 31.7. The summed E-state index contributed by atoms with van der Waals surface area (Å²) < 4.78 is 8.55. The third-order valence-electron chi connectivity index (χ3n) is 8.70. The average molecular weight is 658 g/mol. The highest BCUT2D eigenvalue weighted by Gasteiger charge is 2.27. The fourth-order valence-electron chi connectivity index (χ4n) is 5.91. The predicted octanol–water partition coefficient (Wildman–Crippen LogP) is 12.3. The summed E-state index contributed by atoms with van der Waals surface area (Å²) in [6.45, 7) is 21.0. The Morgan fingerprint density at radius 2 is 1.82 bits per heavy atom. The molecule has 0 spiro atoms. The molecule has 1 aliphatic rings. The standard InChI is InChI=1S/C23H24N3O.C14H17N.C7H16/c1-14(2)26(20-9-7-6-8-19(20)24-5)21-15(3)10-12-17-18-13-11-16(4)25-23(18)27-22(17)21;1-4-8-13-9-6-7-10-14(13)12(3)15-11-5-2;1-4-6-7(3)5-2/h6-13,24H,1-5H3;5-7,10-11,13H,9H2,1-3H3;7H,4-6H2,1-3H3/q+1;;/b;11-5-,15-12?;. The van der Waals surface area contributed by atoms with E-state index in [0.29, 0.717) is 11.6 Å². The molecule has 2 aromatic carbocycles. The summed E-state index contributed by atoms with van der Waals surface area (Å²) in [5.41, 5.74) is 10.4. The average Bonchev–Trinajstić information content (AvgIpc) is 3.47. The van der Waals surface area contributed by atoms with Crippen molar-refractivity contribution in [3.63, 3.8) is 0 Å². The maximum atomic E-state index is 6.28. The van der Waals surface area contributed by atoms with Crippen LogP contribution in [0.15, 0.2) is 94.0 Å². The molecule has 5 nitrogen and oxygen atoms in total. The second kappa shape index (κ2) is 19.3. The SMILES string of the molecule is CC#CC1CC=CC=C1C(C)=N/C=C\C.CCCC(C)CC.CNc1ccccc1[N+](=C(C)C)c1c(C)ccc2c1oc1nc(C)ccc12. The first kappa shape index (κ1) is 38.8. The van der Waals surface area contributed by atoms with Crippen molar-refractivity contribution in [2.45, 2.75) is 94.9 Å². The number of nitrogens with zero attached hydrogens (tertiary/aromatic N) is 3. The van der Waals surface area contributed by atoms with Crippen molar-refractivity contribution >= 4 is 50.6 Å². The summed E-state index contributed by atoms with van der Waals surface area (Å²) in [4.78, 5) is 8.95. The van der Waals surface area contributed by atoms with Crippen LogP contribution in [0, 0.1) is 37.5 Å². The van der Waals surface area contributed by atoms with Gasteiger partial charge >= 0.3 is 0 Å². The van der Waals surface area contributed by atoms with Gasteiger partial charge in [0.1, 0.15) is 5.69 Å². The van der Waals surface area contributed by atoms with E-state index in [1.165, 1.54) is 24.8 Å². The van der Waals surface area contributed by atoms with Gasteiger partial charge in [-0.05, 0) is 76.8 Å². The molecule has 1 aliphatic carbocycles. The smallest absolute Gasteiger partial charge is 0.257 e. The number of fused-ring (bicyclic) bond motifs is 3. The Morgan fingerprint density at radius 1 is 1.08 bits per heavy atom. The van der Waals surface area contributed by atoms with E-state index in [1.54, 1.807) is 0 Å². The van der Waals surface area contributed by atoms with Crippen molar-refractivity contribution in [2.75, 3.05) is 12.4 Å². The van der Waals surface area contributed by atoms with Gasteiger partial charge < -0.3 is 9.73 Å². The second-order valence-corrected chi connectivity index (χ2v) is 12.8. The largest absolute Gasteiger partial charge is 0.431 e. The maximum absolute atomic E-state index is 6.28. The minimum Gasteiger partial charge on any atom is -0.431 e. The molecular weight excluding hydrogens is 601 g/mol. The molecule has 0 fully saturated rings. The van der Waals surface area contributed by atoms with Crippen molar-refractivity contribution in [3.05, 3.63) is 95.9 Å². The summed E-state index contributed by atoms with van der Waals surface area (Å²) >= 11 is 0. The fraction of sp³-hybridized carbons (Fsp3) is 0.386. The van der Waals surface area contributed by atoms with Crippen molar-refractivity contribution < 1.29 is 4.42 Å². The second-order valence-electron chi connectivity index (χ2n) is 12.8. The van der Waals surface area contributed by atoms with Crippen LogP contribution in [0.5, 0.6) is 0 Å². The van der Waals surface area contributed by atoms with Gasteiger partial charge in [0.2, 0.25) is 17.0 Å². The molecule has 0 radical (unpaired) electrons. The monoisotopic (exact) mass is 657 g/mol. The number of aliphatic imine (C=N–C) groups is 1. The van der Waals surface area contributed by atoms with Gasteiger partial charge in [-0.2, -0.15) is 4.58 Å². The van der Waals surface area contributed by atoms with E-state index >= 15 is 0 Å². The predicted molar refractivity (Wildman–Crippen MR) is 216 cm³/mol. The van der Waals surface area contributed by atoms with Crippen LogP contribution < -0.4 is 9.89 Å². The van der Waals surface area contributed by atoms with E-state index in [-0.39, 0.29) is 0 Å². The lowest BCUT2D eigenvalue weighted by molar-refractivity contribution is 0.509. The molecule has 2 unspecified atom stereocenters. The van der Waals surface area contributed by atoms with Crippen LogP contribution in [0.25, 0.3) is 22.1 Å². The number of furan rings is 1. The lowest BCUT2D eigenvalue weighted by atomic mass is 9.89. The normalized spacial score (nSPS) is 14.6. The Morgan fingerprint density at radius 3 is 2.45 bits per heavy atom. The molecule has 5 rings (SSSR count). The molecule has 0 aliphatic heterocycles. The highest BCUT2D eigenvalue weighted by atomic mass is 16.3.